The predicted octanol–water partition coefficient (Wildman–Crippen LogP) is 4.51. The number of ether oxygens (including phenoxy) is 6. The molecule has 2 aliphatic heterocycles. The van der Waals surface area contributed by atoms with Gasteiger partial charge in [-0.2, -0.15) is 0 Å². The zero-order valence-electron chi connectivity index (χ0n) is 34.8. The summed E-state index contributed by atoms with van der Waals surface area (Å²) in [6.45, 7) is 3.28. The Labute approximate surface area is 341 Å². The lowest BCUT2D eigenvalue weighted by Crippen LogP contribution is -2.61. The Morgan fingerprint density at radius 3 is 1.65 bits per heavy atom. The van der Waals surface area contributed by atoms with E-state index < -0.39 is 86.7 Å². The van der Waals surface area contributed by atoms with Crippen molar-refractivity contribution in [3.63, 3.8) is 0 Å². The summed E-state index contributed by atoms with van der Waals surface area (Å²) in [7, 11) is 0. The molecule has 0 spiro atoms. The molecule has 0 aromatic rings. The number of aliphatic hydroxyl groups is 7. The highest BCUT2D eigenvalue weighted by Crippen LogP contribution is 2.26. The molecule has 2 heterocycles. The number of aliphatic hydroxyl groups excluding tert-OH is 7. The van der Waals surface area contributed by atoms with Gasteiger partial charge in [-0.1, -0.05) is 115 Å². The van der Waals surface area contributed by atoms with E-state index in [1.54, 1.807) is 0 Å². The van der Waals surface area contributed by atoms with Gasteiger partial charge in [0.2, 0.25) is 0 Å². The van der Waals surface area contributed by atoms with Crippen molar-refractivity contribution in [2.75, 3.05) is 33.0 Å². The van der Waals surface area contributed by atoms with Gasteiger partial charge in [-0.05, 0) is 44.9 Å². The molecule has 0 aromatic heterocycles. The van der Waals surface area contributed by atoms with Crippen LogP contribution in [0.1, 0.15) is 142 Å². The highest BCUT2D eigenvalue weighted by atomic mass is 16.7. The first-order chi connectivity index (χ1) is 27.6. The minimum atomic E-state index is -1.70. The predicted molar refractivity (Wildman–Crippen MR) is 215 cm³/mol. The zero-order valence-corrected chi connectivity index (χ0v) is 34.8. The van der Waals surface area contributed by atoms with Gasteiger partial charge in [0.1, 0.15) is 54.9 Å². The number of esters is 1. The smallest absolute Gasteiger partial charge is 0.306 e. The third-order valence-corrected chi connectivity index (χ3v) is 10.4. The fraction of sp³-hybridized carbons (Fsp3) is 0.884. The molecule has 2 rings (SSSR count). The van der Waals surface area contributed by atoms with E-state index in [-0.39, 0.29) is 19.6 Å². The molecule has 2 saturated heterocycles. The van der Waals surface area contributed by atoms with E-state index in [1.807, 2.05) is 6.92 Å². The molecule has 11 unspecified atom stereocenters. The van der Waals surface area contributed by atoms with Crippen LogP contribution in [0.5, 0.6) is 0 Å². The Kier molecular flexibility index (Phi) is 29.2. The van der Waals surface area contributed by atoms with Crippen LogP contribution < -0.4 is 0 Å². The van der Waals surface area contributed by atoms with E-state index in [9.17, 15) is 40.5 Å². The van der Waals surface area contributed by atoms with E-state index in [2.05, 4.69) is 31.2 Å². The number of carbonyl (C=O) groups is 1. The Balaban J connectivity index is 1.59. The SMILES string of the molecule is CCCCCCC/C=C\C/C=C\CCCCCCCCCCCCOCC(COC1OC(COC2OC(CO)C(O)C(O)C2O)C(O)C(O)C1O)OC(=O)CCC. The molecule has 334 valence electrons. The Morgan fingerprint density at radius 1 is 0.579 bits per heavy atom. The van der Waals surface area contributed by atoms with Crippen LogP contribution in [0.15, 0.2) is 24.3 Å². The molecule has 2 aliphatic rings. The molecule has 14 heteroatoms. The van der Waals surface area contributed by atoms with Gasteiger partial charge in [-0.3, -0.25) is 4.79 Å². The van der Waals surface area contributed by atoms with E-state index in [1.165, 1.54) is 89.9 Å². The first-order valence-corrected chi connectivity index (χ1v) is 21.9. The molecule has 14 nitrogen and oxygen atoms in total. The van der Waals surface area contributed by atoms with E-state index >= 15 is 0 Å². The molecular weight excluding hydrogens is 740 g/mol. The minimum Gasteiger partial charge on any atom is -0.457 e. The maximum Gasteiger partial charge on any atom is 0.306 e. The number of rotatable bonds is 33. The van der Waals surface area contributed by atoms with Gasteiger partial charge in [-0.25, -0.2) is 0 Å². The molecule has 11 atom stereocenters. The van der Waals surface area contributed by atoms with E-state index in [0.29, 0.717) is 13.0 Å². The third-order valence-electron chi connectivity index (χ3n) is 10.4. The van der Waals surface area contributed by atoms with Crippen molar-refractivity contribution in [2.24, 2.45) is 0 Å². The van der Waals surface area contributed by atoms with Crippen molar-refractivity contribution in [1.82, 2.24) is 0 Å². The molecule has 57 heavy (non-hydrogen) atoms. The van der Waals surface area contributed by atoms with Crippen LogP contribution >= 0.6 is 0 Å². The second-order valence-corrected chi connectivity index (χ2v) is 15.5. The molecule has 2 fully saturated rings. The maximum absolute atomic E-state index is 12.3. The number of hydrogen-bond acceptors (Lipinski definition) is 14. The number of unbranched alkanes of at least 4 members (excludes halogenated alkanes) is 15. The van der Waals surface area contributed by atoms with Gasteiger partial charge in [0.15, 0.2) is 12.6 Å². The summed E-state index contributed by atoms with van der Waals surface area (Å²) in [6.07, 6.45) is 15.9. The Morgan fingerprint density at radius 2 is 1.09 bits per heavy atom. The number of allylic oxidation sites excluding steroid dienone is 4. The molecule has 0 bridgehead atoms. The van der Waals surface area contributed by atoms with E-state index in [4.69, 9.17) is 28.4 Å². The highest BCUT2D eigenvalue weighted by Gasteiger charge is 2.47. The normalized spacial score (nSPS) is 28.7. The van der Waals surface area contributed by atoms with Crippen LogP contribution in [0.2, 0.25) is 0 Å². The van der Waals surface area contributed by atoms with Gasteiger partial charge < -0.3 is 64.2 Å². The average molecular weight is 819 g/mol. The lowest BCUT2D eigenvalue weighted by molar-refractivity contribution is -0.332. The first kappa shape index (κ1) is 51.6. The number of carbonyl (C=O) groups excluding carboxylic acids is 1. The van der Waals surface area contributed by atoms with Crippen molar-refractivity contribution >= 4 is 5.97 Å². The van der Waals surface area contributed by atoms with Gasteiger partial charge in [-0.15, -0.1) is 0 Å². The second-order valence-electron chi connectivity index (χ2n) is 15.5. The summed E-state index contributed by atoms with van der Waals surface area (Å²) in [4.78, 5) is 12.3. The van der Waals surface area contributed by atoms with Crippen LogP contribution in [-0.2, 0) is 33.2 Å². The van der Waals surface area contributed by atoms with Gasteiger partial charge >= 0.3 is 5.97 Å². The van der Waals surface area contributed by atoms with Crippen LogP contribution in [-0.4, -0.2) is 142 Å². The highest BCUT2D eigenvalue weighted by molar-refractivity contribution is 5.69. The van der Waals surface area contributed by atoms with Crippen LogP contribution in [0.25, 0.3) is 0 Å². The topological polar surface area (TPSA) is 214 Å². The van der Waals surface area contributed by atoms with Gasteiger partial charge in [0, 0.05) is 13.0 Å². The molecule has 0 aliphatic carbocycles. The van der Waals surface area contributed by atoms with Crippen LogP contribution in [0.3, 0.4) is 0 Å². The summed E-state index contributed by atoms with van der Waals surface area (Å²) in [5.41, 5.74) is 0. The largest absolute Gasteiger partial charge is 0.457 e. The summed E-state index contributed by atoms with van der Waals surface area (Å²) in [5.74, 6) is -0.431. The van der Waals surface area contributed by atoms with Crippen molar-refractivity contribution in [3.05, 3.63) is 24.3 Å². The van der Waals surface area contributed by atoms with Crippen molar-refractivity contribution < 1.29 is 69.0 Å². The lowest BCUT2D eigenvalue weighted by Gasteiger charge is -2.42. The van der Waals surface area contributed by atoms with Crippen molar-refractivity contribution in [2.45, 2.75) is 210 Å². The lowest BCUT2D eigenvalue weighted by atomic mass is 9.98. The van der Waals surface area contributed by atoms with Crippen molar-refractivity contribution in [3.8, 4) is 0 Å². The summed E-state index contributed by atoms with van der Waals surface area (Å²) >= 11 is 0. The van der Waals surface area contributed by atoms with E-state index in [0.717, 1.165) is 25.7 Å². The molecule has 0 amide bonds. The molecule has 0 saturated carbocycles. The fourth-order valence-electron chi connectivity index (χ4n) is 6.82. The standard InChI is InChI=1S/C43H78O14/c1-3-5-6-7-8-9-10-11-12-13-14-15-16-17-18-19-20-21-22-23-24-25-27-52-29-32(55-35(45)26-4-2)30-53-42-41(51)39(49)37(47)34(57-42)31-54-43-40(50)38(48)36(46)33(28-44)56-43/h10-11,13-14,32-34,36-44,46-51H,3-9,12,15-31H2,1-2H3/b11-10-,14-13-. The van der Waals surface area contributed by atoms with Crippen molar-refractivity contribution in [1.29, 1.82) is 0 Å². The van der Waals surface area contributed by atoms with Gasteiger partial charge in [0.05, 0.1) is 26.4 Å². The fourth-order valence-corrected chi connectivity index (χ4v) is 6.82. The monoisotopic (exact) mass is 819 g/mol. The summed E-state index contributed by atoms with van der Waals surface area (Å²) < 4.78 is 33.5. The molecule has 0 radical (unpaired) electrons. The quantitative estimate of drug-likeness (QED) is 0.0276. The number of hydrogen-bond donors (Lipinski definition) is 7. The Hall–Kier alpha value is -1.53. The minimum absolute atomic E-state index is 0.0548. The summed E-state index contributed by atoms with van der Waals surface area (Å²) in [6, 6.07) is 0. The molecular formula is C43H78O14. The Bertz CT molecular complexity index is 1040. The maximum atomic E-state index is 12.3. The molecule has 7 N–H and O–H groups in total. The molecule has 0 aromatic carbocycles. The van der Waals surface area contributed by atoms with Gasteiger partial charge in [0.25, 0.3) is 0 Å². The second kappa shape index (κ2) is 32.3. The average Bonchev–Trinajstić information content (AvgIpc) is 3.20. The summed E-state index contributed by atoms with van der Waals surface area (Å²) in [5, 5.41) is 71.2. The van der Waals surface area contributed by atoms with Crippen LogP contribution in [0, 0.1) is 0 Å². The first-order valence-electron chi connectivity index (χ1n) is 21.9. The third kappa shape index (κ3) is 21.5. The van der Waals surface area contributed by atoms with Crippen LogP contribution in [0.4, 0.5) is 0 Å². The zero-order chi connectivity index (χ0) is 41.7.